The minimum Gasteiger partial charge on any atom is -0.492 e. The second-order valence-corrected chi connectivity index (χ2v) is 6.15. The van der Waals surface area contributed by atoms with Gasteiger partial charge in [0, 0.05) is 38.3 Å². The van der Waals surface area contributed by atoms with Crippen molar-refractivity contribution in [2.75, 3.05) is 46.4 Å². The fourth-order valence-electron chi connectivity index (χ4n) is 2.82. The first-order valence-corrected chi connectivity index (χ1v) is 8.42. The smallest absolute Gasteiger partial charge is 0.185 e. The topological polar surface area (TPSA) is 42.0 Å². The van der Waals surface area contributed by atoms with Gasteiger partial charge >= 0.3 is 0 Å². The van der Waals surface area contributed by atoms with Crippen molar-refractivity contribution >= 4 is 12.0 Å². The largest absolute Gasteiger partial charge is 0.492 e. The van der Waals surface area contributed by atoms with Gasteiger partial charge in [-0.25, -0.2) is 0 Å². The van der Waals surface area contributed by atoms with Crippen LogP contribution in [0.5, 0.6) is 5.75 Å². The van der Waals surface area contributed by atoms with Crippen molar-refractivity contribution in [3.63, 3.8) is 0 Å². The summed E-state index contributed by atoms with van der Waals surface area (Å²) in [6.45, 7) is 6.12. The van der Waals surface area contributed by atoms with Gasteiger partial charge in [0.25, 0.3) is 0 Å². The summed E-state index contributed by atoms with van der Waals surface area (Å²) in [4.78, 5) is 15.6. The number of hydrogen-bond donors (Lipinski definition) is 0. The van der Waals surface area contributed by atoms with E-state index in [0.717, 1.165) is 56.1 Å². The highest BCUT2D eigenvalue weighted by Crippen LogP contribution is 2.25. The van der Waals surface area contributed by atoms with Crippen LogP contribution in [0.3, 0.4) is 0 Å². The molecule has 5 nitrogen and oxygen atoms in total. The Hall–Kier alpha value is -2.11. The maximum atomic E-state index is 10.8. The molecule has 0 spiro atoms. The summed E-state index contributed by atoms with van der Waals surface area (Å²) < 4.78 is 11.4. The first kappa shape index (κ1) is 16.7. The number of ether oxygens (including phenoxy) is 2. The molecule has 1 aromatic carbocycles. The molecular weight excluding hydrogens is 304 g/mol. The SMILES string of the molecule is CN1CCN(CCOc2ccc(C3=CCC=C(C=O)O3)cc2)CC1. The first-order chi connectivity index (χ1) is 11.7. The summed E-state index contributed by atoms with van der Waals surface area (Å²) in [5.74, 6) is 1.96. The van der Waals surface area contributed by atoms with Crippen LogP contribution >= 0.6 is 0 Å². The molecule has 2 aliphatic heterocycles. The Morgan fingerprint density at radius 3 is 2.58 bits per heavy atom. The number of carbonyl (C=O) groups is 1. The molecule has 24 heavy (non-hydrogen) atoms. The van der Waals surface area contributed by atoms with Crippen LogP contribution in [0.25, 0.3) is 5.76 Å². The van der Waals surface area contributed by atoms with Crippen molar-refractivity contribution in [3.05, 3.63) is 47.7 Å². The van der Waals surface area contributed by atoms with Crippen LogP contribution in [-0.2, 0) is 9.53 Å². The lowest BCUT2D eigenvalue weighted by Crippen LogP contribution is -2.45. The molecule has 3 rings (SSSR count). The molecule has 0 atom stereocenters. The highest BCUT2D eigenvalue weighted by molar-refractivity contribution is 5.75. The summed E-state index contributed by atoms with van der Waals surface area (Å²) >= 11 is 0. The zero-order valence-electron chi connectivity index (χ0n) is 14.1. The molecule has 0 aromatic heterocycles. The van der Waals surface area contributed by atoms with E-state index in [1.54, 1.807) is 6.08 Å². The normalized spacial score (nSPS) is 19.2. The maximum Gasteiger partial charge on any atom is 0.185 e. The molecule has 0 bridgehead atoms. The van der Waals surface area contributed by atoms with E-state index in [-0.39, 0.29) is 0 Å². The molecule has 0 aliphatic carbocycles. The average molecular weight is 328 g/mol. The summed E-state index contributed by atoms with van der Waals surface area (Å²) in [6, 6.07) is 7.82. The molecule has 1 aromatic rings. The Bertz CT molecular complexity index is 614. The summed E-state index contributed by atoms with van der Waals surface area (Å²) in [5.41, 5.74) is 0.953. The van der Waals surface area contributed by atoms with E-state index in [2.05, 4.69) is 16.8 Å². The lowest BCUT2D eigenvalue weighted by atomic mass is 10.1. The zero-order chi connectivity index (χ0) is 16.8. The number of allylic oxidation sites excluding steroid dienone is 3. The van der Waals surface area contributed by atoms with Crippen molar-refractivity contribution in [3.8, 4) is 5.75 Å². The van der Waals surface area contributed by atoms with E-state index in [1.807, 2.05) is 30.3 Å². The van der Waals surface area contributed by atoms with Gasteiger partial charge < -0.3 is 14.4 Å². The monoisotopic (exact) mass is 328 g/mol. The number of likely N-dealkylation sites (N-methyl/N-ethyl adjacent to an activating group) is 1. The number of piperazine rings is 1. The van der Waals surface area contributed by atoms with Gasteiger partial charge in [-0.1, -0.05) is 0 Å². The lowest BCUT2D eigenvalue weighted by molar-refractivity contribution is -0.106. The second-order valence-electron chi connectivity index (χ2n) is 6.15. The van der Waals surface area contributed by atoms with Crippen molar-refractivity contribution in [2.24, 2.45) is 0 Å². The van der Waals surface area contributed by atoms with Gasteiger partial charge in [-0.2, -0.15) is 0 Å². The molecule has 0 saturated carbocycles. The van der Waals surface area contributed by atoms with Crippen LogP contribution in [0.1, 0.15) is 12.0 Å². The van der Waals surface area contributed by atoms with E-state index >= 15 is 0 Å². The predicted octanol–water partition coefficient (Wildman–Crippen LogP) is 2.16. The van der Waals surface area contributed by atoms with Crippen molar-refractivity contribution in [1.29, 1.82) is 0 Å². The van der Waals surface area contributed by atoms with Crippen LogP contribution in [-0.4, -0.2) is 62.5 Å². The second kappa shape index (κ2) is 8.13. The van der Waals surface area contributed by atoms with Gasteiger partial charge in [0.15, 0.2) is 12.0 Å². The van der Waals surface area contributed by atoms with E-state index in [4.69, 9.17) is 9.47 Å². The molecule has 5 heteroatoms. The summed E-state index contributed by atoms with van der Waals surface area (Å²) in [5, 5.41) is 0. The molecule has 1 fully saturated rings. The van der Waals surface area contributed by atoms with E-state index in [9.17, 15) is 4.79 Å². The van der Waals surface area contributed by atoms with Gasteiger partial charge in [0.05, 0.1) is 0 Å². The fraction of sp³-hybridized carbons (Fsp3) is 0.421. The Kier molecular flexibility index (Phi) is 5.67. The van der Waals surface area contributed by atoms with Gasteiger partial charge in [0.1, 0.15) is 18.1 Å². The first-order valence-electron chi connectivity index (χ1n) is 8.42. The highest BCUT2D eigenvalue weighted by atomic mass is 16.5. The third kappa shape index (κ3) is 4.46. The standard InChI is InChI=1S/C19H24N2O3/c1-20-9-11-21(12-10-20)13-14-23-17-7-5-16(6-8-17)19-4-2-3-18(15-22)24-19/h3-8,15H,2,9-14H2,1H3. The Labute approximate surface area is 143 Å². The minimum atomic E-state index is 0.375. The van der Waals surface area contributed by atoms with Crippen LogP contribution in [0.15, 0.2) is 42.2 Å². The third-order valence-electron chi connectivity index (χ3n) is 4.38. The number of hydrogen-bond acceptors (Lipinski definition) is 5. The van der Waals surface area contributed by atoms with E-state index < -0.39 is 0 Å². The molecule has 2 heterocycles. The van der Waals surface area contributed by atoms with Gasteiger partial charge in [-0.15, -0.1) is 0 Å². The van der Waals surface area contributed by atoms with Crippen LogP contribution in [0.2, 0.25) is 0 Å². The molecule has 2 aliphatic rings. The number of nitrogens with zero attached hydrogens (tertiary/aromatic N) is 2. The van der Waals surface area contributed by atoms with Crippen LogP contribution < -0.4 is 4.74 Å². The molecule has 1 saturated heterocycles. The van der Waals surface area contributed by atoms with E-state index in [0.29, 0.717) is 18.8 Å². The Morgan fingerprint density at radius 2 is 1.88 bits per heavy atom. The maximum absolute atomic E-state index is 10.8. The molecule has 0 N–H and O–H groups in total. The molecular formula is C19H24N2O3. The van der Waals surface area contributed by atoms with Gasteiger partial charge in [-0.3, -0.25) is 9.69 Å². The van der Waals surface area contributed by atoms with Crippen molar-refractivity contribution in [2.45, 2.75) is 6.42 Å². The number of benzene rings is 1. The quantitative estimate of drug-likeness (QED) is 0.749. The number of rotatable bonds is 6. The van der Waals surface area contributed by atoms with Crippen LogP contribution in [0.4, 0.5) is 0 Å². The van der Waals surface area contributed by atoms with Crippen molar-refractivity contribution in [1.82, 2.24) is 9.80 Å². The predicted molar refractivity (Wildman–Crippen MR) is 93.7 cm³/mol. The van der Waals surface area contributed by atoms with Crippen LogP contribution in [0, 0.1) is 0 Å². The van der Waals surface area contributed by atoms with Gasteiger partial charge in [0.2, 0.25) is 0 Å². The van der Waals surface area contributed by atoms with E-state index in [1.165, 1.54) is 0 Å². The zero-order valence-corrected chi connectivity index (χ0v) is 14.1. The van der Waals surface area contributed by atoms with Gasteiger partial charge in [-0.05, 0) is 49.9 Å². The fourth-order valence-corrected chi connectivity index (χ4v) is 2.82. The Balaban J connectivity index is 1.46. The highest BCUT2D eigenvalue weighted by Gasteiger charge is 2.13. The molecule has 128 valence electrons. The number of aldehydes is 1. The lowest BCUT2D eigenvalue weighted by Gasteiger charge is -2.32. The number of carbonyl (C=O) groups excluding carboxylic acids is 1. The molecule has 0 unspecified atom stereocenters. The third-order valence-corrected chi connectivity index (χ3v) is 4.38. The average Bonchev–Trinajstić information content (AvgIpc) is 2.64. The summed E-state index contributed by atoms with van der Waals surface area (Å²) in [7, 11) is 2.16. The Morgan fingerprint density at radius 1 is 1.12 bits per heavy atom. The molecule has 0 radical (unpaired) electrons. The summed E-state index contributed by atoms with van der Waals surface area (Å²) in [6.07, 6.45) is 5.19. The molecule has 0 amide bonds. The minimum absolute atomic E-state index is 0.375. The van der Waals surface area contributed by atoms with Crippen molar-refractivity contribution < 1.29 is 14.3 Å².